The van der Waals surface area contributed by atoms with E-state index < -0.39 is 0 Å². The zero-order valence-electron chi connectivity index (χ0n) is 7.53. The number of hydrogen-bond acceptors (Lipinski definition) is 5. The molecule has 2 rings (SSSR count). The van der Waals surface area contributed by atoms with Crippen molar-refractivity contribution >= 4 is 55.9 Å². The van der Waals surface area contributed by atoms with Crippen LogP contribution in [0.5, 0.6) is 0 Å². The van der Waals surface area contributed by atoms with Crippen molar-refractivity contribution in [3.05, 3.63) is 9.98 Å². The molecular formula is C8H11BrN2S3. The second-order valence-corrected chi connectivity index (χ2v) is 7.15. The number of nitrogens with zero attached hydrogens (tertiary/aromatic N) is 1. The van der Waals surface area contributed by atoms with Crippen LogP contribution in [-0.2, 0) is 0 Å². The third kappa shape index (κ3) is 3.32. The number of thiazole rings is 1. The van der Waals surface area contributed by atoms with Crippen molar-refractivity contribution in [1.29, 1.82) is 0 Å². The molecule has 1 saturated heterocycles. The fraction of sp³-hybridized carbons (Fsp3) is 0.625. The summed E-state index contributed by atoms with van der Waals surface area (Å²) < 4.78 is 0.927. The molecule has 6 heteroatoms. The summed E-state index contributed by atoms with van der Waals surface area (Å²) in [4.78, 5) is 4.30. The van der Waals surface area contributed by atoms with Crippen molar-refractivity contribution in [2.75, 3.05) is 29.1 Å². The number of thioether (sulfide) groups is 2. The van der Waals surface area contributed by atoms with Gasteiger partial charge in [-0.1, -0.05) is 0 Å². The first-order chi connectivity index (χ1) is 6.84. The summed E-state index contributed by atoms with van der Waals surface area (Å²) in [7, 11) is 0. The smallest absolute Gasteiger partial charge is 0.183 e. The molecule has 1 N–H and O–H groups in total. The Kier molecular flexibility index (Phi) is 4.46. The zero-order valence-corrected chi connectivity index (χ0v) is 11.6. The molecule has 1 aliphatic rings. The van der Waals surface area contributed by atoms with Gasteiger partial charge in [0.15, 0.2) is 5.13 Å². The van der Waals surface area contributed by atoms with Crippen LogP contribution in [0.1, 0.15) is 0 Å². The monoisotopic (exact) mass is 310 g/mol. The van der Waals surface area contributed by atoms with Crippen molar-refractivity contribution in [1.82, 2.24) is 4.98 Å². The number of nitrogens with one attached hydrogen (secondary N) is 1. The molecule has 0 amide bonds. The number of halogens is 1. The molecule has 2 heterocycles. The van der Waals surface area contributed by atoms with Gasteiger partial charge in [0.2, 0.25) is 0 Å². The molecule has 1 atom stereocenters. The molecule has 0 saturated carbocycles. The number of aromatic nitrogens is 1. The zero-order chi connectivity index (χ0) is 9.80. The normalized spacial score (nSPS) is 22.2. The Bertz CT molecular complexity index is 286. The van der Waals surface area contributed by atoms with Crippen LogP contribution in [0.15, 0.2) is 9.98 Å². The van der Waals surface area contributed by atoms with Crippen molar-refractivity contribution in [3.8, 4) is 0 Å². The van der Waals surface area contributed by atoms with E-state index in [9.17, 15) is 0 Å². The maximum absolute atomic E-state index is 4.30. The summed E-state index contributed by atoms with van der Waals surface area (Å²) in [5.74, 6) is 3.87. The lowest BCUT2D eigenvalue weighted by atomic mass is 10.5. The van der Waals surface area contributed by atoms with Crippen molar-refractivity contribution in [3.63, 3.8) is 0 Å². The summed E-state index contributed by atoms with van der Waals surface area (Å²) in [6.07, 6.45) is 0. The van der Waals surface area contributed by atoms with Crippen molar-refractivity contribution in [2.45, 2.75) is 5.25 Å². The third-order valence-corrected chi connectivity index (χ3v) is 6.20. The highest BCUT2D eigenvalue weighted by atomic mass is 79.9. The molecule has 0 aliphatic carbocycles. The Morgan fingerprint density at radius 3 is 3.14 bits per heavy atom. The standard InChI is InChI=1S/C8H11BrN2S3/c9-7-5-14-8(11-7)10-3-6-4-12-1-2-13-6/h5-6H,1-4H2,(H,10,11). The summed E-state index contributed by atoms with van der Waals surface area (Å²) in [6, 6.07) is 0. The molecule has 1 unspecified atom stereocenters. The predicted molar refractivity (Wildman–Crippen MR) is 71.9 cm³/mol. The highest BCUT2D eigenvalue weighted by Gasteiger charge is 2.14. The van der Waals surface area contributed by atoms with Gasteiger partial charge in [-0.05, 0) is 15.9 Å². The molecule has 1 aromatic rings. The molecule has 14 heavy (non-hydrogen) atoms. The van der Waals surface area contributed by atoms with Crippen LogP contribution in [0.25, 0.3) is 0 Å². The minimum Gasteiger partial charge on any atom is -0.360 e. The second kappa shape index (κ2) is 5.63. The number of hydrogen-bond donors (Lipinski definition) is 1. The Labute approximate surface area is 105 Å². The molecule has 2 nitrogen and oxygen atoms in total. The van der Waals surface area contributed by atoms with E-state index in [2.05, 4.69) is 49.8 Å². The van der Waals surface area contributed by atoms with Crippen molar-refractivity contribution < 1.29 is 0 Å². The first kappa shape index (κ1) is 11.1. The predicted octanol–water partition coefficient (Wildman–Crippen LogP) is 3.17. The highest BCUT2D eigenvalue weighted by Crippen LogP contribution is 2.25. The average molecular weight is 311 g/mol. The fourth-order valence-corrected chi connectivity index (χ4v) is 4.96. The summed E-state index contributed by atoms with van der Waals surface area (Å²) in [5, 5.41) is 7.15. The first-order valence-electron chi connectivity index (χ1n) is 4.39. The van der Waals surface area contributed by atoms with E-state index in [1.54, 1.807) is 11.3 Å². The largest absolute Gasteiger partial charge is 0.360 e. The quantitative estimate of drug-likeness (QED) is 0.927. The van der Waals surface area contributed by atoms with Crippen LogP contribution < -0.4 is 5.32 Å². The number of rotatable bonds is 3. The maximum atomic E-state index is 4.30. The molecule has 0 aromatic carbocycles. The Hall–Kier alpha value is 0.610. The van der Waals surface area contributed by atoms with Gasteiger partial charge in [-0.2, -0.15) is 23.5 Å². The lowest BCUT2D eigenvalue weighted by Gasteiger charge is -2.20. The van der Waals surface area contributed by atoms with Gasteiger partial charge in [0.05, 0.1) is 0 Å². The van der Waals surface area contributed by atoms with Gasteiger partial charge in [0.1, 0.15) is 4.60 Å². The molecule has 1 aliphatic heterocycles. The fourth-order valence-electron chi connectivity index (χ4n) is 1.19. The molecular weight excluding hydrogens is 300 g/mol. The van der Waals surface area contributed by atoms with Crippen LogP contribution >= 0.6 is 50.8 Å². The van der Waals surface area contributed by atoms with E-state index in [4.69, 9.17) is 0 Å². The van der Waals surface area contributed by atoms with Gasteiger partial charge in [0.25, 0.3) is 0 Å². The lowest BCUT2D eigenvalue weighted by Crippen LogP contribution is -2.23. The van der Waals surface area contributed by atoms with Crippen LogP contribution in [-0.4, -0.2) is 34.0 Å². The van der Waals surface area contributed by atoms with E-state index in [1.807, 2.05) is 5.38 Å². The molecule has 1 fully saturated rings. The first-order valence-corrected chi connectivity index (χ1v) is 8.26. The van der Waals surface area contributed by atoms with Crippen molar-refractivity contribution in [2.24, 2.45) is 0 Å². The van der Waals surface area contributed by atoms with Gasteiger partial charge in [-0.3, -0.25) is 0 Å². The summed E-state index contributed by atoms with van der Waals surface area (Å²) in [5.41, 5.74) is 0. The van der Waals surface area contributed by atoms with E-state index in [0.29, 0.717) is 0 Å². The van der Waals surface area contributed by atoms with Crippen LogP contribution in [0.2, 0.25) is 0 Å². The van der Waals surface area contributed by atoms with Crippen LogP contribution in [0, 0.1) is 0 Å². The Balaban J connectivity index is 1.76. The minimum atomic E-state index is 0.747. The summed E-state index contributed by atoms with van der Waals surface area (Å²) in [6.45, 7) is 1.04. The molecule has 1 aromatic heterocycles. The van der Waals surface area contributed by atoms with Gasteiger partial charge in [-0.15, -0.1) is 11.3 Å². The van der Waals surface area contributed by atoms with Crippen LogP contribution in [0.4, 0.5) is 5.13 Å². The molecule has 0 spiro atoms. The second-order valence-electron chi connectivity index (χ2n) is 2.92. The molecule has 0 radical (unpaired) electrons. The van der Waals surface area contributed by atoms with E-state index in [1.165, 1.54) is 17.3 Å². The SMILES string of the molecule is Brc1csc(NCC2CSCCS2)n1. The average Bonchev–Trinajstić information content (AvgIpc) is 2.63. The van der Waals surface area contributed by atoms with Gasteiger partial charge in [0, 0.05) is 34.4 Å². The van der Waals surface area contributed by atoms with Crippen LogP contribution in [0.3, 0.4) is 0 Å². The van der Waals surface area contributed by atoms with E-state index >= 15 is 0 Å². The van der Waals surface area contributed by atoms with Gasteiger partial charge < -0.3 is 5.32 Å². The van der Waals surface area contributed by atoms with Gasteiger partial charge >= 0.3 is 0 Å². The molecule has 78 valence electrons. The maximum Gasteiger partial charge on any atom is 0.183 e. The van der Waals surface area contributed by atoms with E-state index in [0.717, 1.165) is 21.5 Å². The Morgan fingerprint density at radius 2 is 2.50 bits per heavy atom. The minimum absolute atomic E-state index is 0.747. The Morgan fingerprint density at radius 1 is 1.57 bits per heavy atom. The number of anilines is 1. The van der Waals surface area contributed by atoms with E-state index in [-0.39, 0.29) is 0 Å². The summed E-state index contributed by atoms with van der Waals surface area (Å²) >= 11 is 9.13. The molecule has 0 bridgehead atoms. The van der Waals surface area contributed by atoms with Gasteiger partial charge in [-0.25, -0.2) is 4.98 Å². The highest BCUT2D eigenvalue weighted by molar-refractivity contribution is 9.10. The third-order valence-electron chi connectivity index (χ3n) is 1.84. The lowest BCUT2D eigenvalue weighted by molar-refractivity contribution is 1.000. The topological polar surface area (TPSA) is 24.9 Å².